The summed E-state index contributed by atoms with van der Waals surface area (Å²) in [6.45, 7) is 2.47. The predicted octanol–water partition coefficient (Wildman–Crippen LogP) is -0.127. The molecule has 12 heavy (non-hydrogen) atoms. The Kier molecular flexibility index (Phi) is 2.68. The van der Waals surface area contributed by atoms with Gasteiger partial charge in [-0.2, -0.15) is 0 Å². The number of nitrogens with two attached hydrogens (primary N) is 1. The summed E-state index contributed by atoms with van der Waals surface area (Å²) in [6.07, 6.45) is 2.06. The fourth-order valence-electron chi connectivity index (χ4n) is 1.56. The molecule has 1 aliphatic rings. The lowest BCUT2D eigenvalue weighted by molar-refractivity contribution is -0.137. The Hall–Kier alpha value is -1.06. The van der Waals surface area contributed by atoms with Gasteiger partial charge in [0.25, 0.3) is 0 Å². The van der Waals surface area contributed by atoms with Gasteiger partial charge in [-0.3, -0.25) is 9.59 Å². The summed E-state index contributed by atoms with van der Waals surface area (Å²) in [5.74, 6) is -0.356. The number of amides is 2. The van der Waals surface area contributed by atoms with Crippen molar-refractivity contribution in [1.29, 1.82) is 0 Å². The van der Waals surface area contributed by atoms with E-state index >= 15 is 0 Å². The van der Waals surface area contributed by atoms with Gasteiger partial charge in [0.15, 0.2) is 0 Å². The molecule has 1 fully saturated rings. The Morgan fingerprint density at radius 1 is 1.58 bits per heavy atom. The van der Waals surface area contributed by atoms with Crippen molar-refractivity contribution in [2.24, 2.45) is 5.73 Å². The minimum absolute atomic E-state index is 0.0244. The molecule has 0 radical (unpaired) electrons. The number of carbonyl (C=O) groups is 2. The molecule has 0 aromatic rings. The molecule has 1 aliphatic heterocycles. The van der Waals surface area contributed by atoms with Gasteiger partial charge in [0, 0.05) is 13.0 Å². The van der Waals surface area contributed by atoms with Crippen LogP contribution in [0.2, 0.25) is 0 Å². The van der Waals surface area contributed by atoms with E-state index in [0.29, 0.717) is 13.0 Å². The van der Waals surface area contributed by atoms with Gasteiger partial charge in [0.05, 0.1) is 0 Å². The first-order valence-corrected chi connectivity index (χ1v) is 4.25. The number of carbonyl (C=O) groups excluding carboxylic acids is 2. The van der Waals surface area contributed by atoms with Gasteiger partial charge >= 0.3 is 0 Å². The van der Waals surface area contributed by atoms with E-state index in [1.165, 1.54) is 0 Å². The lowest BCUT2D eigenvalue weighted by Crippen LogP contribution is -2.43. The summed E-state index contributed by atoms with van der Waals surface area (Å²) in [4.78, 5) is 23.7. The van der Waals surface area contributed by atoms with Gasteiger partial charge in [0.2, 0.25) is 11.8 Å². The molecule has 0 aliphatic carbocycles. The van der Waals surface area contributed by atoms with Crippen molar-refractivity contribution in [3.63, 3.8) is 0 Å². The van der Waals surface area contributed by atoms with Gasteiger partial charge < -0.3 is 10.6 Å². The van der Waals surface area contributed by atoms with Crippen LogP contribution in [0.15, 0.2) is 0 Å². The topological polar surface area (TPSA) is 63.4 Å². The average Bonchev–Trinajstić information content (AvgIpc) is 2.50. The highest BCUT2D eigenvalue weighted by atomic mass is 16.2. The summed E-state index contributed by atoms with van der Waals surface area (Å²) >= 11 is 0. The van der Waals surface area contributed by atoms with Gasteiger partial charge in [0.1, 0.15) is 6.04 Å². The van der Waals surface area contributed by atoms with Crippen molar-refractivity contribution in [1.82, 2.24) is 4.90 Å². The maximum atomic E-state index is 11.2. The number of hydrogen-bond donors (Lipinski definition) is 1. The van der Waals surface area contributed by atoms with Crippen molar-refractivity contribution in [3.05, 3.63) is 0 Å². The van der Waals surface area contributed by atoms with E-state index in [1.807, 2.05) is 0 Å². The van der Waals surface area contributed by atoms with Crippen LogP contribution in [-0.2, 0) is 9.59 Å². The van der Waals surface area contributed by atoms with E-state index < -0.39 is 0 Å². The highest BCUT2D eigenvalue weighted by Gasteiger charge is 2.31. The first-order chi connectivity index (χ1) is 5.66. The Labute approximate surface area is 71.7 Å². The zero-order valence-electron chi connectivity index (χ0n) is 7.25. The van der Waals surface area contributed by atoms with Crippen LogP contribution in [0, 0.1) is 0 Å². The van der Waals surface area contributed by atoms with Gasteiger partial charge in [-0.15, -0.1) is 0 Å². The minimum Gasteiger partial charge on any atom is -0.368 e. The Morgan fingerprint density at radius 3 is 2.75 bits per heavy atom. The molecule has 4 nitrogen and oxygen atoms in total. The van der Waals surface area contributed by atoms with Crippen LogP contribution < -0.4 is 5.73 Å². The molecule has 1 atom stereocenters. The van der Waals surface area contributed by atoms with Gasteiger partial charge in [-0.1, -0.05) is 6.92 Å². The Bertz CT molecular complexity index is 203. The van der Waals surface area contributed by atoms with E-state index in [4.69, 9.17) is 5.73 Å². The molecular formula is C8H14N2O2. The first-order valence-electron chi connectivity index (χ1n) is 4.25. The molecule has 0 aromatic heterocycles. The van der Waals surface area contributed by atoms with Crippen molar-refractivity contribution in [3.8, 4) is 0 Å². The van der Waals surface area contributed by atoms with Crippen LogP contribution in [-0.4, -0.2) is 29.3 Å². The third kappa shape index (κ3) is 1.57. The summed E-state index contributed by atoms with van der Waals surface area (Å²) in [6, 6.07) is -0.350. The highest BCUT2D eigenvalue weighted by molar-refractivity contribution is 5.87. The predicted molar refractivity (Wildman–Crippen MR) is 44.2 cm³/mol. The van der Waals surface area contributed by atoms with E-state index in [2.05, 4.69) is 0 Å². The zero-order valence-corrected chi connectivity index (χ0v) is 7.25. The van der Waals surface area contributed by atoms with E-state index in [9.17, 15) is 9.59 Å². The number of primary amides is 1. The molecule has 1 rings (SSSR count). The van der Waals surface area contributed by atoms with Gasteiger partial charge in [-0.05, 0) is 12.8 Å². The zero-order chi connectivity index (χ0) is 9.14. The van der Waals surface area contributed by atoms with Crippen molar-refractivity contribution in [2.45, 2.75) is 32.2 Å². The monoisotopic (exact) mass is 170 g/mol. The van der Waals surface area contributed by atoms with Crippen molar-refractivity contribution >= 4 is 11.8 Å². The summed E-state index contributed by atoms with van der Waals surface area (Å²) in [5.41, 5.74) is 5.15. The molecule has 4 heteroatoms. The summed E-state index contributed by atoms with van der Waals surface area (Å²) in [5, 5.41) is 0. The molecule has 1 saturated heterocycles. The van der Waals surface area contributed by atoms with E-state index in [-0.39, 0.29) is 17.9 Å². The largest absolute Gasteiger partial charge is 0.368 e. The molecule has 1 heterocycles. The standard InChI is InChI=1S/C8H14N2O2/c1-2-7(11)10-5-3-4-6(10)8(9)12/h6H,2-5H2,1H3,(H2,9,12)/t6-/m1/s1. The molecule has 0 bridgehead atoms. The van der Waals surface area contributed by atoms with Crippen LogP contribution in [0.25, 0.3) is 0 Å². The Morgan fingerprint density at radius 2 is 2.25 bits per heavy atom. The molecule has 0 aromatic carbocycles. The number of hydrogen-bond acceptors (Lipinski definition) is 2. The summed E-state index contributed by atoms with van der Waals surface area (Å²) < 4.78 is 0. The second-order valence-corrected chi connectivity index (χ2v) is 3.00. The number of rotatable bonds is 2. The lowest BCUT2D eigenvalue weighted by Gasteiger charge is -2.21. The quantitative estimate of drug-likeness (QED) is 0.627. The molecule has 0 spiro atoms. The van der Waals surface area contributed by atoms with Crippen molar-refractivity contribution in [2.75, 3.05) is 6.54 Å². The fraction of sp³-hybridized carbons (Fsp3) is 0.750. The van der Waals surface area contributed by atoms with Gasteiger partial charge in [-0.25, -0.2) is 0 Å². The van der Waals surface area contributed by atoms with Crippen molar-refractivity contribution < 1.29 is 9.59 Å². The average molecular weight is 170 g/mol. The first kappa shape index (κ1) is 9.03. The molecule has 68 valence electrons. The number of likely N-dealkylation sites (tertiary alicyclic amines) is 1. The fourth-order valence-corrected chi connectivity index (χ4v) is 1.56. The van der Waals surface area contributed by atoms with Crippen LogP contribution in [0.3, 0.4) is 0 Å². The lowest BCUT2D eigenvalue weighted by atomic mass is 10.2. The molecule has 0 saturated carbocycles. The van der Waals surface area contributed by atoms with E-state index in [1.54, 1.807) is 11.8 Å². The maximum absolute atomic E-state index is 11.2. The third-order valence-corrected chi connectivity index (χ3v) is 2.20. The smallest absolute Gasteiger partial charge is 0.240 e. The normalized spacial score (nSPS) is 22.8. The minimum atomic E-state index is -0.380. The third-order valence-electron chi connectivity index (χ3n) is 2.20. The molecular weight excluding hydrogens is 156 g/mol. The SMILES string of the molecule is CCC(=O)N1CCC[C@@H]1C(N)=O. The molecule has 2 N–H and O–H groups in total. The van der Waals surface area contributed by atoms with Crippen LogP contribution in [0.4, 0.5) is 0 Å². The van der Waals surface area contributed by atoms with E-state index in [0.717, 1.165) is 12.8 Å². The van der Waals surface area contributed by atoms with Crippen LogP contribution in [0.1, 0.15) is 26.2 Å². The summed E-state index contributed by atoms with van der Waals surface area (Å²) in [7, 11) is 0. The molecule has 2 amide bonds. The second kappa shape index (κ2) is 3.56. The highest BCUT2D eigenvalue weighted by Crippen LogP contribution is 2.17. The second-order valence-electron chi connectivity index (χ2n) is 3.00. The Balaban J connectivity index is 2.63. The maximum Gasteiger partial charge on any atom is 0.240 e. The molecule has 0 unspecified atom stereocenters. The van der Waals surface area contributed by atoms with Crippen LogP contribution >= 0.6 is 0 Å². The number of nitrogens with zero attached hydrogens (tertiary/aromatic N) is 1. The van der Waals surface area contributed by atoms with Crippen LogP contribution in [0.5, 0.6) is 0 Å².